The van der Waals surface area contributed by atoms with Crippen molar-refractivity contribution in [3.63, 3.8) is 0 Å². The fraction of sp³-hybridized carbons (Fsp3) is 0.520. The molecule has 4 rings (SSSR count). The van der Waals surface area contributed by atoms with Gasteiger partial charge < -0.3 is 14.4 Å². The lowest BCUT2D eigenvalue weighted by molar-refractivity contribution is -0.126. The van der Waals surface area contributed by atoms with Crippen LogP contribution in [0.1, 0.15) is 53.6 Å². The lowest BCUT2D eigenvalue weighted by Crippen LogP contribution is -2.51. The summed E-state index contributed by atoms with van der Waals surface area (Å²) in [6.07, 6.45) is 8.51. The Morgan fingerprint density at radius 3 is 2.80 bits per heavy atom. The van der Waals surface area contributed by atoms with E-state index in [1.165, 1.54) is 5.56 Å². The fourth-order valence-electron chi connectivity index (χ4n) is 4.71. The van der Waals surface area contributed by atoms with E-state index in [2.05, 4.69) is 17.1 Å². The number of benzene rings is 1. The molecule has 160 valence electrons. The second kappa shape index (κ2) is 9.71. The van der Waals surface area contributed by atoms with Gasteiger partial charge in [0.05, 0.1) is 17.8 Å². The molecule has 1 atom stereocenters. The zero-order chi connectivity index (χ0) is 20.8. The Morgan fingerprint density at radius 1 is 1.23 bits per heavy atom. The van der Waals surface area contributed by atoms with Crippen LogP contribution in [0.25, 0.3) is 0 Å². The standard InChI is InChI=1S/C25H32N2O3/c1-20-7-12-26-18-23(20)24(28)27-13-10-25(11-14-27)17-21(9-16-30-25)8-15-29-19-22-5-3-2-4-6-22/h2-7,12,18,21H,8-11,13-17,19H2,1H3. The molecule has 2 saturated heterocycles. The first-order chi connectivity index (χ1) is 14.7. The van der Waals surface area contributed by atoms with Crippen molar-refractivity contribution in [2.45, 2.75) is 51.2 Å². The van der Waals surface area contributed by atoms with Gasteiger partial charge in [0.2, 0.25) is 0 Å². The van der Waals surface area contributed by atoms with Gasteiger partial charge in [0, 0.05) is 38.7 Å². The summed E-state index contributed by atoms with van der Waals surface area (Å²) in [6.45, 7) is 5.77. The molecule has 1 aromatic carbocycles. The van der Waals surface area contributed by atoms with Crippen molar-refractivity contribution in [2.75, 3.05) is 26.3 Å². The van der Waals surface area contributed by atoms with E-state index in [4.69, 9.17) is 9.47 Å². The Morgan fingerprint density at radius 2 is 2.03 bits per heavy atom. The van der Waals surface area contributed by atoms with Crippen LogP contribution in [0, 0.1) is 12.8 Å². The molecule has 2 aliphatic heterocycles. The summed E-state index contributed by atoms with van der Waals surface area (Å²) in [5, 5.41) is 0. The highest BCUT2D eigenvalue weighted by molar-refractivity contribution is 5.95. The molecule has 0 radical (unpaired) electrons. The van der Waals surface area contributed by atoms with E-state index in [0.717, 1.165) is 64.0 Å². The smallest absolute Gasteiger partial charge is 0.255 e. The number of nitrogens with zero attached hydrogens (tertiary/aromatic N) is 2. The van der Waals surface area contributed by atoms with Crippen LogP contribution in [0.2, 0.25) is 0 Å². The number of aromatic nitrogens is 1. The van der Waals surface area contributed by atoms with Gasteiger partial charge in [0.15, 0.2) is 0 Å². The van der Waals surface area contributed by atoms with E-state index in [-0.39, 0.29) is 11.5 Å². The number of likely N-dealkylation sites (tertiary alicyclic amines) is 1. The van der Waals surface area contributed by atoms with Gasteiger partial charge in [0.25, 0.3) is 5.91 Å². The number of pyridine rings is 1. The molecule has 0 N–H and O–H groups in total. The van der Waals surface area contributed by atoms with Crippen LogP contribution in [0.4, 0.5) is 0 Å². The lowest BCUT2D eigenvalue weighted by Gasteiger charge is -2.46. The largest absolute Gasteiger partial charge is 0.377 e. The normalized spacial score (nSPS) is 21.0. The van der Waals surface area contributed by atoms with Crippen LogP contribution < -0.4 is 0 Å². The van der Waals surface area contributed by atoms with Crippen LogP contribution in [-0.2, 0) is 16.1 Å². The van der Waals surface area contributed by atoms with Crippen molar-refractivity contribution in [3.05, 3.63) is 65.5 Å². The molecule has 3 heterocycles. The number of carbonyl (C=O) groups is 1. The highest BCUT2D eigenvalue weighted by atomic mass is 16.5. The zero-order valence-corrected chi connectivity index (χ0v) is 17.9. The van der Waals surface area contributed by atoms with E-state index in [9.17, 15) is 4.79 Å². The molecule has 2 aliphatic rings. The average Bonchev–Trinajstić information content (AvgIpc) is 2.78. The topological polar surface area (TPSA) is 51.7 Å². The third-order valence-corrected chi connectivity index (χ3v) is 6.61. The van der Waals surface area contributed by atoms with E-state index in [1.54, 1.807) is 12.4 Å². The van der Waals surface area contributed by atoms with E-state index < -0.39 is 0 Å². The Hall–Kier alpha value is -2.24. The molecular weight excluding hydrogens is 376 g/mol. The summed E-state index contributed by atoms with van der Waals surface area (Å²) in [4.78, 5) is 19.0. The van der Waals surface area contributed by atoms with Crippen LogP contribution >= 0.6 is 0 Å². The number of amides is 1. The predicted octanol–water partition coefficient (Wildman–Crippen LogP) is 4.40. The molecule has 0 aliphatic carbocycles. The number of piperidine rings is 1. The molecule has 2 aromatic rings. The van der Waals surface area contributed by atoms with E-state index >= 15 is 0 Å². The number of hydrogen-bond donors (Lipinski definition) is 0. The third-order valence-electron chi connectivity index (χ3n) is 6.61. The Kier molecular flexibility index (Phi) is 6.80. The average molecular weight is 409 g/mol. The van der Waals surface area contributed by atoms with E-state index in [0.29, 0.717) is 18.1 Å². The quantitative estimate of drug-likeness (QED) is 0.665. The minimum atomic E-state index is -0.0664. The van der Waals surface area contributed by atoms with Gasteiger partial charge in [-0.2, -0.15) is 0 Å². The second-order valence-electron chi connectivity index (χ2n) is 8.70. The number of rotatable bonds is 6. The molecule has 5 nitrogen and oxygen atoms in total. The molecule has 2 fully saturated rings. The summed E-state index contributed by atoms with van der Waals surface area (Å²) in [7, 11) is 0. The minimum Gasteiger partial charge on any atom is -0.377 e. The summed E-state index contributed by atoms with van der Waals surface area (Å²) in [5.74, 6) is 0.731. The number of carbonyl (C=O) groups excluding carboxylic acids is 1. The zero-order valence-electron chi connectivity index (χ0n) is 17.9. The predicted molar refractivity (Wildman–Crippen MR) is 116 cm³/mol. The first-order valence-corrected chi connectivity index (χ1v) is 11.1. The summed E-state index contributed by atoms with van der Waals surface area (Å²) in [5.41, 5.74) is 2.86. The van der Waals surface area contributed by atoms with Gasteiger partial charge in [0.1, 0.15) is 0 Å². The molecule has 1 amide bonds. The van der Waals surface area contributed by atoms with Gasteiger partial charge in [-0.05, 0) is 62.1 Å². The molecule has 1 unspecified atom stereocenters. The maximum absolute atomic E-state index is 12.9. The Balaban J connectivity index is 1.24. The number of ether oxygens (including phenoxy) is 2. The maximum Gasteiger partial charge on any atom is 0.255 e. The van der Waals surface area contributed by atoms with Crippen LogP contribution in [0.3, 0.4) is 0 Å². The monoisotopic (exact) mass is 408 g/mol. The molecule has 5 heteroatoms. The molecular formula is C25H32N2O3. The van der Waals surface area contributed by atoms with Gasteiger partial charge in [-0.25, -0.2) is 0 Å². The van der Waals surface area contributed by atoms with Crippen molar-refractivity contribution < 1.29 is 14.3 Å². The summed E-state index contributed by atoms with van der Waals surface area (Å²) < 4.78 is 12.2. The van der Waals surface area contributed by atoms with Gasteiger partial charge in [-0.15, -0.1) is 0 Å². The first kappa shape index (κ1) is 21.0. The Labute approximate surface area is 179 Å². The lowest BCUT2D eigenvalue weighted by atomic mass is 9.78. The molecule has 0 saturated carbocycles. The van der Waals surface area contributed by atoms with Crippen LogP contribution in [0.5, 0.6) is 0 Å². The van der Waals surface area contributed by atoms with Crippen molar-refractivity contribution >= 4 is 5.91 Å². The third kappa shape index (κ3) is 5.08. The van der Waals surface area contributed by atoms with Crippen LogP contribution in [-0.4, -0.2) is 47.7 Å². The fourth-order valence-corrected chi connectivity index (χ4v) is 4.71. The molecule has 0 bridgehead atoms. The van der Waals surface area contributed by atoms with Crippen molar-refractivity contribution in [1.82, 2.24) is 9.88 Å². The summed E-state index contributed by atoms with van der Waals surface area (Å²) >= 11 is 0. The SMILES string of the molecule is Cc1ccncc1C(=O)N1CCC2(CC1)CC(CCOCc1ccccc1)CCO2. The second-order valence-corrected chi connectivity index (χ2v) is 8.70. The number of aryl methyl sites for hydroxylation is 1. The highest BCUT2D eigenvalue weighted by Crippen LogP contribution is 2.39. The molecule has 1 spiro atoms. The van der Waals surface area contributed by atoms with Crippen molar-refractivity contribution in [1.29, 1.82) is 0 Å². The first-order valence-electron chi connectivity index (χ1n) is 11.1. The molecule has 30 heavy (non-hydrogen) atoms. The van der Waals surface area contributed by atoms with Crippen molar-refractivity contribution in [2.24, 2.45) is 5.92 Å². The van der Waals surface area contributed by atoms with E-state index in [1.807, 2.05) is 36.1 Å². The van der Waals surface area contributed by atoms with Gasteiger partial charge in [-0.3, -0.25) is 9.78 Å². The van der Waals surface area contributed by atoms with Crippen molar-refractivity contribution in [3.8, 4) is 0 Å². The van der Waals surface area contributed by atoms with Crippen LogP contribution in [0.15, 0.2) is 48.8 Å². The minimum absolute atomic E-state index is 0.0664. The summed E-state index contributed by atoms with van der Waals surface area (Å²) in [6, 6.07) is 12.2. The maximum atomic E-state index is 12.9. The number of hydrogen-bond acceptors (Lipinski definition) is 4. The Bertz CT molecular complexity index is 831. The van der Waals surface area contributed by atoms with Gasteiger partial charge >= 0.3 is 0 Å². The highest BCUT2D eigenvalue weighted by Gasteiger charge is 2.41. The van der Waals surface area contributed by atoms with Gasteiger partial charge in [-0.1, -0.05) is 30.3 Å². The molecule has 1 aromatic heterocycles.